The Bertz CT molecular complexity index is 525. The third-order valence-electron chi connectivity index (χ3n) is 2.45. The molecule has 0 spiro atoms. The fourth-order valence-corrected chi connectivity index (χ4v) is 1.47. The predicted molar refractivity (Wildman–Crippen MR) is 68.4 cm³/mol. The van der Waals surface area contributed by atoms with Crippen LogP contribution in [0.2, 0.25) is 0 Å². The van der Waals surface area contributed by atoms with E-state index in [0.29, 0.717) is 29.8 Å². The van der Waals surface area contributed by atoms with Crippen molar-refractivity contribution in [2.45, 2.75) is 19.9 Å². The summed E-state index contributed by atoms with van der Waals surface area (Å²) in [5, 5.41) is 3.10. The van der Waals surface area contributed by atoms with Gasteiger partial charge in [-0.3, -0.25) is 0 Å². The summed E-state index contributed by atoms with van der Waals surface area (Å²) in [6.07, 6.45) is 2.56. The van der Waals surface area contributed by atoms with Gasteiger partial charge in [-0.15, -0.1) is 0 Å². The number of methoxy groups -OCH3 is 1. The number of rotatable bonds is 5. The maximum Gasteiger partial charge on any atom is 0.238 e. The van der Waals surface area contributed by atoms with Crippen molar-refractivity contribution in [3.63, 3.8) is 0 Å². The Morgan fingerprint density at radius 1 is 1.44 bits per heavy atom. The van der Waals surface area contributed by atoms with Crippen molar-refractivity contribution in [2.75, 3.05) is 18.2 Å². The summed E-state index contributed by atoms with van der Waals surface area (Å²) >= 11 is 0. The van der Waals surface area contributed by atoms with Gasteiger partial charge in [0, 0.05) is 6.42 Å². The summed E-state index contributed by atoms with van der Waals surface area (Å²) in [4.78, 5) is 8.35. The van der Waals surface area contributed by atoms with Crippen LogP contribution in [0.4, 0.5) is 11.5 Å². The Morgan fingerprint density at radius 3 is 2.94 bits per heavy atom. The molecule has 0 amide bonds. The van der Waals surface area contributed by atoms with Crippen LogP contribution in [0.25, 0.3) is 0 Å². The standard InChI is InChI=1S/C12H16N4O2/c1-3-8-6-15-11(18-8)7-14-10-5-4-9(13)12(16-10)17-2/h4-6H,3,7,13H2,1-2H3,(H,14,16). The molecule has 0 aliphatic rings. The summed E-state index contributed by atoms with van der Waals surface area (Å²) in [7, 11) is 1.53. The molecular weight excluding hydrogens is 232 g/mol. The first-order chi connectivity index (χ1) is 8.72. The van der Waals surface area contributed by atoms with Gasteiger partial charge in [-0.25, -0.2) is 4.98 Å². The number of nitrogen functional groups attached to an aromatic ring is 1. The summed E-state index contributed by atoms with van der Waals surface area (Å²) < 4.78 is 10.5. The second-order valence-corrected chi connectivity index (χ2v) is 3.72. The van der Waals surface area contributed by atoms with Crippen LogP contribution in [0.5, 0.6) is 5.88 Å². The molecule has 0 fully saturated rings. The van der Waals surface area contributed by atoms with Crippen LogP contribution >= 0.6 is 0 Å². The zero-order chi connectivity index (χ0) is 13.0. The number of aryl methyl sites for hydroxylation is 1. The van der Waals surface area contributed by atoms with E-state index in [-0.39, 0.29) is 0 Å². The van der Waals surface area contributed by atoms with E-state index in [2.05, 4.69) is 15.3 Å². The number of ether oxygens (including phenoxy) is 1. The van der Waals surface area contributed by atoms with Gasteiger partial charge in [-0.2, -0.15) is 4.98 Å². The first-order valence-electron chi connectivity index (χ1n) is 5.71. The van der Waals surface area contributed by atoms with Crippen LogP contribution in [0.1, 0.15) is 18.6 Å². The highest BCUT2D eigenvalue weighted by Gasteiger charge is 2.05. The summed E-state index contributed by atoms with van der Waals surface area (Å²) in [5.74, 6) is 2.57. The molecule has 0 unspecified atom stereocenters. The van der Waals surface area contributed by atoms with Crippen LogP contribution in [0.15, 0.2) is 22.7 Å². The summed E-state index contributed by atoms with van der Waals surface area (Å²) in [6.45, 7) is 2.49. The normalized spacial score (nSPS) is 10.3. The molecule has 0 saturated heterocycles. The minimum atomic E-state index is 0.404. The Kier molecular flexibility index (Phi) is 3.66. The van der Waals surface area contributed by atoms with Gasteiger partial charge in [-0.1, -0.05) is 6.92 Å². The number of oxazole rings is 1. The predicted octanol–water partition coefficient (Wildman–Crippen LogP) is 1.83. The maximum absolute atomic E-state index is 5.68. The molecule has 2 heterocycles. The molecule has 0 aromatic carbocycles. The van der Waals surface area contributed by atoms with Crippen molar-refractivity contribution >= 4 is 11.5 Å². The van der Waals surface area contributed by atoms with E-state index < -0.39 is 0 Å². The van der Waals surface area contributed by atoms with E-state index in [1.807, 2.05) is 6.92 Å². The smallest absolute Gasteiger partial charge is 0.238 e. The fraction of sp³-hybridized carbons (Fsp3) is 0.333. The monoisotopic (exact) mass is 248 g/mol. The third kappa shape index (κ3) is 2.71. The molecule has 18 heavy (non-hydrogen) atoms. The van der Waals surface area contributed by atoms with E-state index in [0.717, 1.165) is 12.2 Å². The lowest BCUT2D eigenvalue weighted by Crippen LogP contribution is -2.03. The fourth-order valence-electron chi connectivity index (χ4n) is 1.47. The van der Waals surface area contributed by atoms with Crippen LogP contribution in [-0.2, 0) is 13.0 Å². The lowest BCUT2D eigenvalue weighted by Gasteiger charge is -2.07. The Hall–Kier alpha value is -2.24. The van der Waals surface area contributed by atoms with Crippen LogP contribution in [-0.4, -0.2) is 17.1 Å². The number of aromatic nitrogens is 2. The molecule has 2 aromatic rings. The van der Waals surface area contributed by atoms with Gasteiger partial charge >= 0.3 is 0 Å². The average Bonchev–Trinajstić information content (AvgIpc) is 2.86. The van der Waals surface area contributed by atoms with E-state index in [1.54, 1.807) is 18.3 Å². The molecule has 2 aromatic heterocycles. The molecule has 0 aliphatic carbocycles. The van der Waals surface area contributed by atoms with Gasteiger partial charge in [0.1, 0.15) is 11.6 Å². The van der Waals surface area contributed by atoms with Crippen LogP contribution in [0, 0.1) is 0 Å². The lowest BCUT2D eigenvalue weighted by molar-refractivity contribution is 0.400. The second kappa shape index (κ2) is 5.39. The number of nitrogens with two attached hydrogens (primary N) is 1. The molecule has 6 heteroatoms. The minimum absolute atomic E-state index is 0.404. The van der Waals surface area contributed by atoms with Crippen molar-refractivity contribution in [2.24, 2.45) is 0 Å². The molecule has 2 rings (SSSR count). The quantitative estimate of drug-likeness (QED) is 0.839. The average molecular weight is 248 g/mol. The topological polar surface area (TPSA) is 86.2 Å². The van der Waals surface area contributed by atoms with Crippen molar-refractivity contribution in [3.8, 4) is 5.88 Å². The largest absolute Gasteiger partial charge is 0.479 e. The number of pyridine rings is 1. The summed E-state index contributed by atoms with van der Waals surface area (Å²) in [6, 6.07) is 3.52. The molecule has 0 bridgehead atoms. The highest BCUT2D eigenvalue weighted by Crippen LogP contribution is 2.20. The molecular formula is C12H16N4O2. The number of anilines is 2. The molecule has 96 valence electrons. The van der Waals surface area contributed by atoms with E-state index >= 15 is 0 Å². The van der Waals surface area contributed by atoms with Gasteiger partial charge in [0.05, 0.1) is 25.5 Å². The number of hydrogen-bond donors (Lipinski definition) is 2. The van der Waals surface area contributed by atoms with Gasteiger partial charge < -0.3 is 20.2 Å². The number of hydrogen-bond acceptors (Lipinski definition) is 6. The Morgan fingerprint density at radius 2 is 2.28 bits per heavy atom. The van der Waals surface area contributed by atoms with E-state index in [9.17, 15) is 0 Å². The van der Waals surface area contributed by atoms with Gasteiger partial charge in [0.15, 0.2) is 0 Å². The van der Waals surface area contributed by atoms with Gasteiger partial charge in [0.25, 0.3) is 0 Å². The Labute approximate surface area is 105 Å². The van der Waals surface area contributed by atoms with E-state index in [1.165, 1.54) is 7.11 Å². The van der Waals surface area contributed by atoms with Crippen molar-refractivity contribution in [1.29, 1.82) is 0 Å². The van der Waals surface area contributed by atoms with Crippen LogP contribution in [0.3, 0.4) is 0 Å². The zero-order valence-electron chi connectivity index (χ0n) is 10.4. The highest BCUT2D eigenvalue weighted by molar-refractivity contribution is 5.53. The third-order valence-corrected chi connectivity index (χ3v) is 2.45. The molecule has 0 saturated carbocycles. The minimum Gasteiger partial charge on any atom is -0.479 e. The first kappa shape index (κ1) is 12.2. The van der Waals surface area contributed by atoms with Crippen LogP contribution < -0.4 is 15.8 Å². The zero-order valence-corrected chi connectivity index (χ0v) is 10.4. The second-order valence-electron chi connectivity index (χ2n) is 3.72. The number of nitrogens with zero attached hydrogens (tertiary/aromatic N) is 2. The van der Waals surface area contributed by atoms with Crippen molar-refractivity contribution in [1.82, 2.24) is 9.97 Å². The molecule has 6 nitrogen and oxygen atoms in total. The van der Waals surface area contributed by atoms with Crippen molar-refractivity contribution in [3.05, 3.63) is 30.0 Å². The lowest BCUT2D eigenvalue weighted by atomic mass is 10.4. The van der Waals surface area contributed by atoms with Crippen molar-refractivity contribution < 1.29 is 9.15 Å². The molecule has 3 N–H and O–H groups in total. The maximum atomic E-state index is 5.68. The summed E-state index contributed by atoms with van der Waals surface area (Å²) in [5.41, 5.74) is 6.19. The van der Waals surface area contributed by atoms with Gasteiger partial charge in [0.2, 0.25) is 11.8 Å². The molecule has 0 radical (unpaired) electrons. The Balaban J connectivity index is 2.01. The first-order valence-corrected chi connectivity index (χ1v) is 5.71. The SMILES string of the molecule is CCc1cnc(CNc2ccc(N)c(OC)n2)o1. The molecule has 0 atom stereocenters. The number of nitrogens with one attached hydrogen (secondary N) is 1. The van der Waals surface area contributed by atoms with Gasteiger partial charge in [-0.05, 0) is 12.1 Å². The highest BCUT2D eigenvalue weighted by atomic mass is 16.5. The molecule has 0 aliphatic heterocycles. The van der Waals surface area contributed by atoms with E-state index in [4.69, 9.17) is 14.9 Å².